The molecule has 0 unspecified atom stereocenters. The van der Waals surface area contributed by atoms with E-state index in [9.17, 15) is 0 Å². The van der Waals surface area contributed by atoms with Crippen LogP contribution in [0.4, 0.5) is 0 Å². The normalized spacial score (nSPS) is 17.7. The lowest BCUT2D eigenvalue weighted by Gasteiger charge is -2.29. The van der Waals surface area contributed by atoms with Crippen molar-refractivity contribution in [1.29, 1.82) is 0 Å². The molecule has 0 saturated carbocycles. The smallest absolute Gasteiger partial charge is 0.213 e. The van der Waals surface area contributed by atoms with E-state index in [-0.39, 0.29) is 0 Å². The average molecular weight is 335 g/mol. The van der Waals surface area contributed by atoms with Crippen molar-refractivity contribution in [1.82, 2.24) is 24.6 Å². The minimum atomic E-state index is 0.295. The number of fused-ring (bicyclic) bond motifs is 1. The van der Waals surface area contributed by atoms with Crippen molar-refractivity contribution in [2.45, 2.75) is 32.1 Å². The van der Waals surface area contributed by atoms with E-state index in [4.69, 9.17) is 4.74 Å². The van der Waals surface area contributed by atoms with Crippen molar-refractivity contribution in [3.05, 3.63) is 72.4 Å². The topological polar surface area (TPSA) is 56.1 Å². The maximum atomic E-state index is 5.95. The molecule has 0 aliphatic carbocycles. The predicted octanol–water partition coefficient (Wildman–Crippen LogP) is 2.53. The molecule has 3 aromatic rings. The lowest BCUT2D eigenvalue weighted by Crippen LogP contribution is -2.38. The van der Waals surface area contributed by atoms with Gasteiger partial charge < -0.3 is 4.74 Å². The molecule has 0 radical (unpaired) electrons. The van der Waals surface area contributed by atoms with Crippen LogP contribution in [0, 0.1) is 0 Å². The van der Waals surface area contributed by atoms with E-state index < -0.39 is 0 Å². The standard InChI is InChI=1S/C19H21N5O/c1-2-9-21-19(5-1)25-15-18-7-11-24-17(6-10-22-24)14-23(18)13-16-4-3-8-20-12-16/h1-6,8-10,12,18H,7,11,13-15H2/t18-/m0/s1. The number of aromatic nitrogens is 4. The first-order valence-corrected chi connectivity index (χ1v) is 8.56. The zero-order valence-corrected chi connectivity index (χ0v) is 14.0. The molecule has 0 amide bonds. The van der Waals surface area contributed by atoms with Gasteiger partial charge >= 0.3 is 0 Å². The molecule has 128 valence electrons. The fourth-order valence-corrected chi connectivity index (χ4v) is 3.20. The third-order valence-electron chi connectivity index (χ3n) is 4.53. The van der Waals surface area contributed by atoms with Crippen LogP contribution in [0.2, 0.25) is 0 Å². The monoisotopic (exact) mass is 335 g/mol. The highest BCUT2D eigenvalue weighted by Crippen LogP contribution is 2.20. The summed E-state index contributed by atoms with van der Waals surface area (Å²) in [7, 11) is 0. The Hall–Kier alpha value is -2.73. The summed E-state index contributed by atoms with van der Waals surface area (Å²) in [5.41, 5.74) is 2.45. The van der Waals surface area contributed by atoms with Crippen LogP contribution < -0.4 is 4.74 Å². The van der Waals surface area contributed by atoms with Crippen molar-refractivity contribution in [2.24, 2.45) is 0 Å². The molecule has 0 N–H and O–H groups in total. The quantitative estimate of drug-likeness (QED) is 0.717. The molecule has 4 heterocycles. The van der Waals surface area contributed by atoms with Gasteiger partial charge in [-0.25, -0.2) is 4.98 Å². The second-order valence-electron chi connectivity index (χ2n) is 6.23. The highest BCUT2D eigenvalue weighted by molar-refractivity contribution is 5.11. The lowest BCUT2D eigenvalue weighted by molar-refractivity contribution is 0.116. The Balaban J connectivity index is 1.51. The third kappa shape index (κ3) is 3.85. The Labute approximate surface area is 147 Å². The first kappa shape index (κ1) is 15.8. The summed E-state index contributed by atoms with van der Waals surface area (Å²) in [5.74, 6) is 0.672. The molecule has 6 heteroatoms. The van der Waals surface area contributed by atoms with E-state index in [2.05, 4.69) is 36.8 Å². The van der Waals surface area contributed by atoms with Gasteiger partial charge in [0.15, 0.2) is 0 Å². The molecule has 4 rings (SSSR count). The summed E-state index contributed by atoms with van der Waals surface area (Å²) in [6.07, 6.45) is 8.36. The third-order valence-corrected chi connectivity index (χ3v) is 4.53. The van der Waals surface area contributed by atoms with E-state index in [1.54, 1.807) is 6.20 Å². The van der Waals surface area contributed by atoms with Crippen LogP contribution in [0.5, 0.6) is 5.88 Å². The molecule has 0 aromatic carbocycles. The summed E-state index contributed by atoms with van der Waals surface area (Å²) >= 11 is 0. The van der Waals surface area contributed by atoms with Crippen molar-refractivity contribution in [2.75, 3.05) is 6.61 Å². The molecule has 1 atom stereocenters. The summed E-state index contributed by atoms with van der Waals surface area (Å²) in [6.45, 7) is 3.21. The fraction of sp³-hybridized carbons (Fsp3) is 0.316. The average Bonchev–Trinajstić information content (AvgIpc) is 3.03. The second-order valence-corrected chi connectivity index (χ2v) is 6.23. The predicted molar refractivity (Wildman–Crippen MR) is 93.8 cm³/mol. The van der Waals surface area contributed by atoms with Crippen molar-refractivity contribution < 1.29 is 4.74 Å². The second kappa shape index (κ2) is 7.44. The van der Waals surface area contributed by atoms with Gasteiger partial charge in [-0.05, 0) is 30.2 Å². The van der Waals surface area contributed by atoms with Crippen molar-refractivity contribution in [3.8, 4) is 5.88 Å². The van der Waals surface area contributed by atoms with Crippen LogP contribution in [0.25, 0.3) is 0 Å². The van der Waals surface area contributed by atoms with Crippen molar-refractivity contribution >= 4 is 0 Å². The van der Waals surface area contributed by atoms with E-state index in [1.807, 2.05) is 42.9 Å². The molecule has 0 fully saturated rings. The number of pyridine rings is 2. The van der Waals surface area contributed by atoms with Gasteiger partial charge in [0.2, 0.25) is 5.88 Å². The summed E-state index contributed by atoms with van der Waals surface area (Å²) < 4.78 is 8.04. The largest absolute Gasteiger partial charge is 0.476 e. The molecule has 0 saturated heterocycles. The molecular weight excluding hydrogens is 314 g/mol. The van der Waals surface area contributed by atoms with Crippen LogP contribution in [-0.4, -0.2) is 37.3 Å². The molecule has 1 aliphatic heterocycles. The summed E-state index contributed by atoms with van der Waals surface area (Å²) in [4.78, 5) is 10.9. The molecule has 25 heavy (non-hydrogen) atoms. The molecule has 6 nitrogen and oxygen atoms in total. The van der Waals surface area contributed by atoms with Gasteiger partial charge in [0.25, 0.3) is 0 Å². The zero-order valence-electron chi connectivity index (χ0n) is 14.0. The lowest BCUT2D eigenvalue weighted by atomic mass is 10.1. The Morgan fingerprint density at radius 2 is 2.08 bits per heavy atom. The van der Waals surface area contributed by atoms with Crippen LogP contribution >= 0.6 is 0 Å². The highest BCUT2D eigenvalue weighted by Gasteiger charge is 2.25. The molecular formula is C19H21N5O. The van der Waals surface area contributed by atoms with Crippen molar-refractivity contribution in [3.63, 3.8) is 0 Å². The van der Waals surface area contributed by atoms with Crippen LogP contribution in [0.15, 0.2) is 61.2 Å². The molecule has 1 aliphatic rings. The Morgan fingerprint density at radius 3 is 2.92 bits per heavy atom. The zero-order chi connectivity index (χ0) is 16.9. The van der Waals surface area contributed by atoms with Gasteiger partial charge in [-0.3, -0.25) is 14.6 Å². The number of aryl methyl sites for hydroxylation is 1. The number of hydrogen-bond acceptors (Lipinski definition) is 5. The summed E-state index contributed by atoms with van der Waals surface area (Å²) in [5, 5.41) is 4.44. The Kier molecular flexibility index (Phi) is 4.70. The van der Waals surface area contributed by atoms with Gasteiger partial charge in [-0.15, -0.1) is 0 Å². The minimum absolute atomic E-state index is 0.295. The van der Waals surface area contributed by atoms with Gasteiger partial charge in [0.05, 0.1) is 5.69 Å². The fourth-order valence-electron chi connectivity index (χ4n) is 3.20. The Morgan fingerprint density at radius 1 is 1.08 bits per heavy atom. The minimum Gasteiger partial charge on any atom is -0.476 e. The van der Waals surface area contributed by atoms with Gasteiger partial charge in [0.1, 0.15) is 6.61 Å². The van der Waals surface area contributed by atoms with Crippen LogP contribution in [0.1, 0.15) is 17.7 Å². The Bertz CT molecular complexity index is 790. The first-order chi connectivity index (χ1) is 12.4. The maximum absolute atomic E-state index is 5.95. The van der Waals surface area contributed by atoms with E-state index >= 15 is 0 Å². The number of hydrogen-bond donors (Lipinski definition) is 0. The van der Waals surface area contributed by atoms with Crippen LogP contribution in [-0.2, 0) is 19.6 Å². The van der Waals surface area contributed by atoms with E-state index in [0.717, 1.165) is 26.1 Å². The maximum Gasteiger partial charge on any atom is 0.213 e. The SMILES string of the molecule is c1ccc(OC[C@@H]2CCn3nccc3CN2Cc2cccnc2)nc1. The highest BCUT2D eigenvalue weighted by atomic mass is 16.5. The van der Waals surface area contributed by atoms with Gasteiger partial charge in [-0.1, -0.05) is 12.1 Å². The van der Waals surface area contributed by atoms with E-state index in [1.165, 1.54) is 11.3 Å². The first-order valence-electron chi connectivity index (χ1n) is 8.56. The number of ether oxygens (including phenoxy) is 1. The molecule has 0 spiro atoms. The summed E-state index contributed by atoms with van der Waals surface area (Å²) in [6, 6.07) is 12.2. The van der Waals surface area contributed by atoms with E-state index in [0.29, 0.717) is 18.5 Å². The molecule has 0 bridgehead atoms. The van der Waals surface area contributed by atoms with Crippen LogP contribution in [0.3, 0.4) is 0 Å². The number of nitrogens with zero attached hydrogens (tertiary/aromatic N) is 5. The molecule has 3 aromatic heterocycles. The number of rotatable bonds is 5. The van der Waals surface area contributed by atoms with Gasteiger partial charge in [-0.2, -0.15) is 5.10 Å². The van der Waals surface area contributed by atoms with Gasteiger partial charge in [0, 0.05) is 56.5 Å².